The molecule has 0 N–H and O–H groups in total. The highest BCUT2D eigenvalue weighted by molar-refractivity contribution is 5.42. The number of carbonyl (C=O) groups excluding carboxylic acids is 1. The molecule has 0 aromatic rings. The molecule has 0 fully saturated rings. The normalized spacial score (nSPS) is 15.1. The summed E-state index contributed by atoms with van der Waals surface area (Å²) in [6.45, 7) is 0.743. The third-order valence-electron chi connectivity index (χ3n) is 2.51. The molecule has 0 unspecified atom stereocenters. The molecule has 0 spiro atoms. The Morgan fingerprint density at radius 1 is 1.38 bits per heavy atom. The molecule has 0 aromatic carbocycles. The molecule has 16 heavy (non-hydrogen) atoms. The number of nitrogens with zero attached hydrogens (tertiary/aromatic N) is 1. The zero-order valence-electron chi connectivity index (χ0n) is 9.71. The Kier molecular flexibility index (Phi) is 6.25. The van der Waals surface area contributed by atoms with Crippen molar-refractivity contribution in [2.45, 2.75) is 38.5 Å². The second-order valence-electron chi connectivity index (χ2n) is 3.73. The van der Waals surface area contributed by atoms with Gasteiger partial charge in [0.15, 0.2) is 0 Å². The highest BCUT2D eigenvalue weighted by Gasteiger charge is 2.09. The molecule has 1 aliphatic carbocycles. The maximum atomic E-state index is 10.2. The van der Waals surface area contributed by atoms with Crippen molar-refractivity contribution in [2.75, 3.05) is 13.7 Å². The minimum Gasteiger partial charge on any atom is -0.385 e. The molecular weight excluding hydrogens is 202 g/mol. The van der Waals surface area contributed by atoms with Crippen molar-refractivity contribution in [3.63, 3.8) is 0 Å². The van der Waals surface area contributed by atoms with E-state index in [4.69, 9.17) is 4.74 Å². The number of hydrogen-bond donors (Lipinski definition) is 0. The number of hydrogen-bond acceptors (Lipinski definition) is 3. The fourth-order valence-corrected chi connectivity index (χ4v) is 1.68. The van der Waals surface area contributed by atoms with E-state index in [0.717, 1.165) is 56.4 Å². The average Bonchev–Trinajstić information content (AvgIpc) is 2.31. The number of unbranched alkanes of at least 4 members (excludes halogenated alkanes) is 1. The van der Waals surface area contributed by atoms with E-state index in [9.17, 15) is 4.79 Å². The van der Waals surface area contributed by atoms with E-state index in [1.807, 2.05) is 0 Å². The molecule has 1 rings (SSSR count). The smallest absolute Gasteiger partial charge is 0.240 e. The lowest BCUT2D eigenvalue weighted by Gasteiger charge is -2.11. The topological polar surface area (TPSA) is 38.7 Å². The number of isocyanates is 1. The molecule has 0 atom stereocenters. The highest BCUT2D eigenvalue weighted by atomic mass is 16.5. The van der Waals surface area contributed by atoms with E-state index >= 15 is 0 Å². The van der Waals surface area contributed by atoms with E-state index < -0.39 is 0 Å². The third kappa shape index (κ3) is 4.44. The summed E-state index contributed by atoms with van der Waals surface area (Å²) < 4.78 is 4.94. The molecule has 0 bridgehead atoms. The Bertz CT molecular complexity index is 354. The van der Waals surface area contributed by atoms with Crippen molar-refractivity contribution in [3.8, 4) is 11.8 Å². The van der Waals surface area contributed by atoms with Gasteiger partial charge < -0.3 is 4.74 Å². The summed E-state index contributed by atoms with van der Waals surface area (Å²) in [6.07, 6.45) is 7.42. The fraction of sp³-hybridized carbons (Fsp3) is 0.615. The van der Waals surface area contributed by atoms with Gasteiger partial charge in [-0.2, -0.15) is 4.99 Å². The molecule has 0 aromatic heterocycles. The molecule has 0 amide bonds. The SMILES string of the molecule is COCCCC#CC1=C(N=C=O)CCCC1. The van der Waals surface area contributed by atoms with Crippen molar-refractivity contribution >= 4 is 6.08 Å². The molecular formula is C13H17NO2. The summed E-state index contributed by atoms with van der Waals surface area (Å²) in [7, 11) is 1.69. The standard InChI is InChI=1S/C13H17NO2/c1-16-10-6-2-3-7-12-8-4-5-9-13(12)14-11-15/h2,4-6,8-10H2,1H3. The number of rotatable bonds is 4. The number of allylic oxidation sites excluding steroid dienone is 2. The molecule has 0 aliphatic heterocycles. The van der Waals surface area contributed by atoms with Gasteiger partial charge in [-0.3, -0.25) is 0 Å². The molecule has 3 heteroatoms. The van der Waals surface area contributed by atoms with Crippen LogP contribution in [0.5, 0.6) is 0 Å². The van der Waals surface area contributed by atoms with Gasteiger partial charge in [0.1, 0.15) is 0 Å². The Hall–Kier alpha value is -1.36. The molecule has 3 nitrogen and oxygen atoms in total. The summed E-state index contributed by atoms with van der Waals surface area (Å²) in [6, 6.07) is 0. The van der Waals surface area contributed by atoms with Gasteiger partial charge in [-0.15, -0.1) is 0 Å². The largest absolute Gasteiger partial charge is 0.385 e. The Morgan fingerprint density at radius 2 is 2.19 bits per heavy atom. The first-order valence-electron chi connectivity index (χ1n) is 5.66. The van der Waals surface area contributed by atoms with Crippen LogP contribution < -0.4 is 0 Å². The minimum absolute atomic E-state index is 0.743. The third-order valence-corrected chi connectivity index (χ3v) is 2.51. The van der Waals surface area contributed by atoms with Crippen LogP contribution in [0.15, 0.2) is 16.3 Å². The molecule has 0 radical (unpaired) electrons. The van der Waals surface area contributed by atoms with Crippen LogP contribution in [0.3, 0.4) is 0 Å². The van der Waals surface area contributed by atoms with Gasteiger partial charge in [0.05, 0.1) is 5.70 Å². The van der Waals surface area contributed by atoms with E-state index in [1.54, 1.807) is 13.2 Å². The second-order valence-corrected chi connectivity index (χ2v) is 3.73. The monoisotopic (exact) mass is 219 g/mol. The molecule has 1 aliphatic rings. The summed E-state index contributed by atoms with van der Waals surface area (Å²) in [5, 5.41) is 0. The van der Waals surface area contributed by atoms with Gasteiger partial charge in [0, 0.05) is 25.7 Å². The average molecular weight is 219 g/mol. The Labute approximate surface area is 96.6 Å². The van der Waals surface area contributed by atoms with E-state index in [-0.39, 0.29) is 0 Å². The highest BCUT2D eigenvalue weighted by Crippen LogP contribution is 2.24. The van der Waals surface area contributed by atoms with Gasteiger partial charge >= 0.3 is 0 Å². The first-order valence-corrected chi connectivity index (χ1v) is 5.66. The van der Waals surface area contributed by atoms with E-state index in [1.165, 1.54) is 0 Å². The van der Waals surface area contributed by atoms with Crippen LogP contribution >= 0.6 is 0 Å². The zero-order valence-corrected chi connectivity index (χ0v) is 9.71. The first kappa shape index (κ1) is 12.7. The zero-order chi connectivity index (χ0) is 11.6. The van der Waals surface area contributed by atoms with Crippen molar-refractivity contribution in [1.29, 1.82) is 0 Å². The van der Waals surface area contributed by atoms with Crippen molar-refractivity contribution < 1.29 is 9.53 Å². The van der Waals surface area contributed by atoms with Crippen LogP contribution in [0.4, 0.5) is 0 Å². The van der Waals surface area contributed by atoms with Gasteiger partial charge in [-0.25, -0.2) is 4.79 Å². The summed E-state index contributed by atoms with van der Waals surface area (Å²) >= 11 is 0. The maximum absolute atomic E-state index is 10.2. The van der Waals surface area contributed by atoms with Gasteiger partial charge in [0.25, 0.3) is 0 Å². The van der Waals surface area contributed by atoms with Gasteiger partial charge in [-0.05, 0) is 32.1 Å². The van der Waals surface area contributed by atoms with Gasteiger partial charge in [0.2, 0.25) is 6.08 Å². The van der Waals surface area contributed by atoms with E-state index in [0.29, 0.717) is 0 Å². The maximum Gasteiger partial charge on any atom is 0.240 e. The summed E-state index contributed by atoms with van der Waals surface area (Å²) in [5.74, 6) is 6.22. The van der Waals surface area contributed by atoms with Crippen LogP contribution in [0, 0.1) is 11.8 Å². The fourth-order valence-electron chi connectivity index (χ4n) is 1.68. The number of aliphatic imine (C=N–C) groups is 1. The number of methoxy groups -OCH3 is 1. The van der Waals surface area contributed by atoms with Crippen molar-refractivity contribution in [1.82, 2.24) is 0 Å². The second kappa shape index (κ2) is 7.87. The summed E-state index contributed by atoms with van der Waals surface area (Å²) in [5.41, 5.74) is 1.85. The predicted molar refractivity (Wildman–Crippen MR) is 62.5 cm³/mol. The van der Waals surface area contributed by atoms with Crippen LogP contribution in [0.25, 0.3) is 0 Å². The van der Waals surface area contributed by atoms with E-state index in [2.05, 4.69) is 16.8 Å². The van der Waals surface area contributed by atoms with Crippen LogP contribution in [0.1, 0.15) is 38.5 Å². The summed E-state index contributed by atoms with van der Waals surface area (Å²) in [4.78, 5) is 14.0. The minimum atomic E-state index is 0.743. The lowest BCUT2D eigenvalue weighted by molar-refractivity contribution is 0.196. The molecule has 86 valence electrons. The van der Waals surface area contributed by atoms with Crippen LogP contribution in [-0.2, 0) is 9.53 Å². The van der Waals surface area contributed by atoms with Crippen LogP contribution in [-0.4, -0.2) is 19.8 Å². The van der Waals surface area contributed by atoms with Crippen molar-refractivity contribution in [3.05, 3.63) is 11.3 Å². The Morgan fingerprint density at radius 3 is 2.94 bits per heavy atom. The number of ether oxygens (including phenoxy) is 1. The molecule has 0 saturated carbocycles. The van der Waals surface area contributed by atoms with Crippen molar-refractivity contribution in [2.24, 2.45) is 4.99 Å². The molecule has 0 saturated heterocycles. The molecule has 0 heterocycles. The lowest BCUT2D eigenvalue weighted by Crippen LogP contribution is -1.96. The predicted octanol–water partition coefficient (Wildman–Crippen LogP) is 2.58. The van der Waals surface area contributed by atoms with Gasteiger partial charge in [-0.1, -0.05) is 11.8 Å². The Balaban J connectivity index is 2.57. The van der Waals surface area contributed by atoms with Crippen LogP contribution in [0.2, 0.25) is 0 Å². The lowest BCUT2D eigenvalue weighted by atomic mass is 9.97. The quantitative estimate of drug-likeness (QED) is 0.315. The first-order chi connectivity index (χ1) is 7.88.